The van der Waals surface area contributed by atoms with Crippen LogP contribution in [0.3, 0.4) is 0 Å². The van der Waals surface area contributed by atoms with Gasteiger partial charge in [0, 0.05) is 10.9 Å². The molecule has 3 nitrogen and oxygen atoms in total. The van der Waals surface area contributed by atoms with Crippen molar-refractivity contribution >= 4 is 17.3 Å². The topological polar surface area (TPSA) is 39.2 Å². The van der Waals surface area contributed by atoms with Crippen molar-refractivity contribution in [1.82, 2.24) is 4.98 Å². The van der Waals surface area contributed by atoms with Gasteiger partial charge in [-0.1, -0.05) is 0 Å². The number of carbonyl (C=O) groups is 1. The van der Waals surface area contributed by atoms with E-state index in [0.717, 1.165) is 30.6 Å². The normalized spacial score (nSPS) is 11.4. The fourth-order valence-corrected chi connectivity index (χ4v) is 2.26. The van der Waals surface area contributed by atoms with Gasteiger partial charge in [-0.2, -0.15) is 13.2 Å². The number of ether oxygens (including phenoxy) is 1. The van der Waals surface area contributed by atoms with Gasteiger partial charge in [0.2, 0.25) is 0 Å². The van der Waals surface area contributed by atoms with E-state index in [0.29, 0.717) is 6.07 Å². The molecule has 8 heteroatoms. The number of halogens is 4. The van der Waals surface area contributed by atoms with Crippen LogP contribution in [-0.2, 0) is 10.9 Å². The molecule has 0 unspecified atom stereocenters. The third-order valence-corrected chi connectivity index (χ3v) is 3.26. The Balaban J connectivity index is 2.45. The number of esters is 1. The van der Waals surface area contributed by atoms with Crippen LogP contribution in [0.15, 0.2) is 23.6 Å². The zero-order valence-corrected chi connectivity index (χ0v) is 10.8. The molecule has 0 fully saturated rings. The van der Waals surface area contributed by atoms with Crippen molar-refractivity contribution in [2.75, 3.05) is 7.11 Å². The highest BCUT2D eigenvalue weighted by Crippen LogP contribution is 2.34. The number of hydrogen-bond acceptors (Lipinski definition) is 4. The third kappa shape index (κ3) is 2.96. The second kappa shape index (κ2) is 5.20. The lowest BCUT2D eigenvalue weighted by Crippen LogP contribution is -2.05. The highest BCUT2D eigenvalue weighted by Gasteiger charge is 2.31. The molecule has 0 saturated heterocycles. The Morgan fingerprint density at radius 3 is 2.60 bits per heavy atom. The summed E-state index contributed by atoms with van der Waals surface area (Å²) in [4.78, 5) is 15.0. The summed E-state index contributed by atoms with van der Waals surface area (Å²) in [5, 5.41) is 1.44. The SMILES string of the molecule is COC(=O)c1csc(-c2cc(F)cc(C(F)(F)F)c2)n1. The maximum absolute atomic E-state index is 13.3. The maximum Gasteiger partial charge on any atom is 0.416 e. The van der Waals surface area contributed by atoms with E-state index in [1.54, 1.807) is 0 Å². The Morgan fingerprint density at radius 2 is 2.00 bits per heavy atom. The Hall–Kier alpha value is -1.96. The molecule has 1 heterocycles. The number of nitrogens with zero attached hydrogens (tertiary/aromatic N) is 1. The quantitative estimate of drug-likeness (QED) is 0.626. The van der Waals surface area contributed by atoms with Crippen molar-refractivity contribution in [3.8, 4) is 10.6 Å². The molecule has 0 spiro atoms. The molecule has 1 aromatic heterocycles. The van der Waals surface area contributed by atoms with E-state index >= 15 is 0 Å². The average molecular weight is 305 g/mol. The van der Waals surface area contributed by atoms with E-state index in [-0.39, 0.29) is 16.3 Å². The molecule has 1 aromatic carbocycles. The number of carbonyl (C=O) groups excluding carboxylic acids is 1. The summed E-state index contributed by atoms with van der Waals surface area (Å²) in [7, 11) is 1.16. The molecule has 0 bridgehead atoms. The van der Waals surface area contributed by atoms with Crippen molar-refractivity contribution < 1.29 is 27.1 Å². The molecular formula is C12H7F4NO2S. The summed E-state index contributed by atoms with van der Waals surface area (Å²) < 4.78 is 55.5. The van der Waals surface area contributed by atoms with Gasteiger partial charge in [0.05, 0.1) is 12.7 Å². The van der Waals surface area contributed by atoms with Crippen LogP contribution in [-0.4, -0.2) is 18.1 Å². The van der Waals surface area contributed by atoms with E-state index in [1.165, 1.54) is 5.38 Å². The van der Waals surface area contributed by atoms with E-state index in [9.17, 15) is 22.4 Å². The number of hydrogen-bond donors (Lipinski definition) is 0. The van der Waals surface area contributed by atoms with Crippen molar-refractivity contribution in [2.24, 2.45) is 0 Å². The van der Waals surface area contributed by atoms with Crippen LogP contribution >= 0.6 is 11.3 Å². The first-order chi connectivity index (χ1) is 9.31. The second-order valence-electron chi connectivity index (χ2n) is 3.76. The Morgan fingerprint density at radius 1 is 1.30 bits per heavy atom. The summed E-state index contributed by atoms with van der Waals surface area (Å²) in [5.74, 6) is -1.73. The van der Waals surface area contributed by atoms with Crippen LogP contribution in [0.25, 0.3) is 10.6 Å². The Bertz CT molecular complexity index is 651. The number of benzene rings is 1. The molecule has 0 amide bonds. The minimum Gasteiger partial charge on any atom is -0.464 e. The van der Waals surface area contributed by atoms with E-state index < -0.39 is 23.5 Å². The molecule has 0 radical (unpaired) electrons. The molecule has 0 atom stereocenters. The molecule has 20 heavy (non-hydrogen) atoms. The largest absolute Gasteiger partial charge is 0.464 e. The molecule has 2 aromatic rings. The summed E-state index contributed by atoms with van der Waals surface area (Å²) in [5.41, 5.74) is -1.19. The van der Waals surface area contributed by atoms with Crippen LogP contribution in [0.4, 0.5) is 17.6 Å². The van der Waals surface area contributed by atoms with Gasteiger partial charge in [0.25, 0.3) is 0 Å². The van der Waals surface area contributed by atoms with Crippen molar-refractivity contribution in [3.05, 3.63) is 40.7 Å². The van der Waals surface area contributed by atoms with Crippen molar-refractivity contribution in [3.63, 3.8) is 0 Å². The summed E-state index contributed by atoms with van der Waals surface area (Å²) in [6, 6.07) is 2.11. The standard InChI is InChI=1S/C12H7F4NO2S/c1-19-11(18)9-5-20-10(17-9)6-2-7(12(14,15)16)4-8(13)3-6/h2-5H,1H3. The zero-order valence-electron chi connectivity index (χ0n) is 9.99. The van der Waals surface area contributed by atoms with E-state index in [1.807, 2.05) is 0 Å². The van der Waals surface area contributed by atoms with Gasteiger partial charge < -0.3 is 4.74 Å². The molecule has 0 N–H and O–H groups in total. The van der Waals surface area contributed by atoms with Gasteiger partial charge in [-0.15, -0.1) is 11.3 Å². The van der Waals surface area contributed by atoms with Gasteiger partial charge in [0.15, 0.2) is 5.69 Å². The van der Waals surface area contributed by atoms with E-state index in [4.69, 9.17) is 0 Å². The highest BCUT2D eigenvalue weighted by molar-refractivity contribution is 7.13. The number of rotatable bonds is 2. The molecule has 106 valence electrons. The molecule has 2 rings (SSSR count). The Kier molecular flexibility index (Phi) is 3.76. The molecule has 0 aliphatic carbocycles. The third-order valence-electron chi connectivity index (χ3n) is 2.37. The predicted molar refractivity (Wildman–Crippen MR) is 63.8 cm³/mol. The fourth-order valence-electron chi connectivity index (χ4n) is 1.48. The number of methoxy groups -OCH3 is 1. The monoisotopic (exact) mass is 305 g/mol. The van der Waals surface area contributed by atoms with Crippen LogP contribution in [0.5, 0.6) is 0 Å². The molecular weight excluding hydrogens is 298 g/mol. The summed E-state index contributed by atoms with van der Waals surface area (Å²) in [6.07, 6.45) is -4.65. The average Bonchev–Trinajstić information content (AvgIpc) is 2.85. The predicted octanol–water partition coefficient (Wildman–Crippen LogP) is 3.75. The zero-order chi connectivity index (χ0) is 14.9. The van der Waals surface area contributed by atoms with Gasteiger partial charge in [-0.05, 0) is 18.2 Å². The lowest BCUT2D eigenvalue weighted by Gasteiger charge is -2.08. The summed E-state index contributed by atoms with van der Waals surface area (Å²) in [6.45, 7) is 0. The maximum atomic E-state index is 13.3. The van der Waals surface area contributed by atoms with E-state index in [2.05, 4.69) is 9.72 Å². The minimum atomic E-state index is -4.65. The van der Waals surface area contributed by atoms with Crippen molar-refractivity contribution in [1.29, 1.82) is 0 Å². The van der Waals surface area contributed by atoms with Gasteiger partial charge in [-0.3, -0.25) is 0 Å². The van der Waals surface area contributed by atoms with Gasteiger partial charge in [-0.25, -0.2) is 14.2 Å². The summed E-state index contributed by atoms with van der Waals surface area (Å²) >= 11 is 0.928. The first-order valence-corrected chi connectivity index (χ1v) is 6.11. The number of alkyl halides is 3. The number of aromatic nitrogens is 1. The molecule has 0 aliphatic rings. The Labute approximate surface area is 114 Å². The highest BCUT2D eigenvalue weighted by atomic mass is 32.1. The van der Waals surface area contributed by atoms with Crippen LogP contribution in [0, 0.1) is 5.82 Å². The fraction of sp³-hybridized carbons (Fsp3) is 0.167. The second-order valence-corrected chi connectivity index (χ2v) is 4.61. The number of thiazole rings is 1. The first-order valence-electron chi connectivity index (χ1n) is 5.23. The first kappa shape index (κ1) is 14.4. The van der Waals surface area contributed by atoms with Gasteiger partial charge in [0.1, 0.15) is 10.8 Å². The minimum absolute atomic E-state index is 0.0367. The van der Waals surface area contributed by atoms with Crippen LogP contribution < -0.4 is 0 Å². The molecule has 0 aliphatic heterocycles. The lowest BCUT2D eigenvalue weighted by molar-refractivity contribution is -0.137. The smallest absolute Gasteiger partial charge is 0.416 e. The van der Waals surface area contributed by atoms with Crippen LogP contribution in [0.2, 0.25) is 0 Å². The van der Waals surface area contributed by atoms with Gasteiger partial charge >= 0.3 is 12.1 Å². The van der Waals surface area contributed by atoms with Crippen LogP contribution in [0.1, 0.15) is 16.1 Å². The lowest BCUT2D eigenvalue weighted by atomic mass is 10.1. The molecule has 0 saturated carbocycles. The van der Waals surface area contributed by atoms with Crippen molar-refractivity contribution in [2.45, 2.75) is 6.18 Å².